The molecule has 1 unspecified atom stereocenters. The summed E-state index contributed by atoms with van der Waals surface area (Å²) in [5.74, 6) is -1.03. The second-order valence-electron chi connectivity index (χ2n) is 6.33. The number of carbonyl (C=O) groups excluding carboxylic acids is 2. The topological polar surface area (TPSA) is 69.6 Å². The standard InChI is InChI=1S/C20H22N2O3/c23-14-18(16-11-12-16)22(13-15-7-3-1-4-8-15)20(25)19(24)21-17-9-5-2-6-10-17/h1-10,16,18,23H,11-14H2,(H,21,24). The molecule has 5 nitrogen and oxygen atoms in total. The molecule has 2 aromatic rings. The molecule has 0 heterocycles. The highest BCUT2D eigenvalue weighted by Crippen LogP contribution is 2.36. The molecule has 1 aliphatic carbocycles. The minimum atomic E-state index is -0.679. The van der Waals surface area contributed by atoms with Gasteiger partial charge in [-0.2, -0.15) is 0 Å². The van der Waals surface area contributed by atoms with E-state index in [0.717, 1.165) is 18.4 Å². The van der Waals surface area contributed by atoms with Crippen LogP contribution in [-0.2, 0) is 16.1 Å². The number of benzene rings is 2. The third-order valence-corrected chi connectivity index (χ3v) is 4.44. The highest BCUT2D eigenvalue weighted by atomic mass is 16.3. The van der Waals surface area contributed by atoms with Gasteiger partial charge in [0.1, 0.15) is 0 Å². The number of anilines is 1. The van der Waals surface area contributed by atoms with Gasteiger partial charge in [0, 0.05) is 12.2 Å². The molecular weight excluding hydrogens is 316 g/mol. The number of hydrogen-bond donors (Lipinski definition) is 2. The summed E-state index contributed by atoms with van der Waals surface area (Å²) in [7, 11) is 0. The fourth-order valence-corrected chi connectivity index (χ4v) is 2.94. The van der Waals surface area contributed by atoms with Crippen LogP contribution in [0.4, 0.5) is 5.69 Å². The maximum atomic E-state index is 12.8. The van der Waals surface area contributed by atoms with Gasteiger partial charge in [-0.1, -0.05) is 48.5 Å². The Morgan fingerprint density at radius 3 is 2.20 bits per heavy atom. The Bertz CT molecular complexity index is 714. The highest BCUT2D eigenvalue weighted by molar-refractivity contribution is 6.39. The van der Waals surface area contributed by atoms with Crippen LogP contribution in [0.1, 0.15) is 18.4 Å². The van der Waals surface area contributed by atoms with Gasteiger partial charge in [0.2, 0.25) is 0 Å². The van der Waals surface area contributed by atoms with Crippen molar-refractivity contribution in [1.82, 2.24) is 4.90 Å². The van der Waals surface area contributed by atoms with Crippen molar-refractivity contribution in [2.24, 2.45) is 5.92 Å². The van der Waals surface area contributed by atoms with E-state index >= 15 is 0 Å². The zero-order valence-corrected chi connectivity index (χ0v) is 14.0. The number of carbonyl (C=O) groups is 2. The van der Waals surface area contributed by atoms with E-state index in [1.807, 2.05) is 36.4 Å². The van der Waals surface area contributed by atoms with Crippen molar-refractivity contribution in [1.29, 1.82) is 0 Å². The normalized spacial score (nSPS) is 14.6. The van der Waals surface area contributed by atoms with Crippen LogP contribution < -0.4 is 5.32 Å². The molecule has 0 bridgehead atoms. The molecule has 0 aromatic heterocycles. The lowest BCUT2D eigenvalue weighted by atomic mass is 10.1. The number of aliphatic hydroxyl groups excluding tert-OH is 1. The monoisotopic (exact) mass is 338 g/mol. The number of nitrogens with zero attached hydrogens (tertiary/aromatic N) is 1. The van der Waals surface area contributed by atoms with Gasteiger partial charge in [0.05, 0.1) is 12.6 Å². The molecule has 0 aliphatic heterocycles. The van der Waals surface area contributed by atoms with E-state index in [0.29, 0.717) is 12.2 Å². The first-order valence-corrected chi connectivity index (χ1v) is 8.51. The van der Waals surface area contributed by atoms with E-state index < -0.39 is 11.8 Å². The van der Waals surface area contributed by atoms with Crippen molar-refractivity contribution >= 4 is 17.5 Å². The number of amides is 2. The Labute approximate surface area is 147 Å². The van der Waals surface area contributed by atoms with Gasteiger partial charge >= 0.3 is 11.8 Å². The van der Waals surface area contributed by atoms with Crippen LogP contribution in [0, 0.1) is 5.92 Å². The molecule has 0 radical (unpaired) electrons. The number of nitrogens with one attached hydrogen (secondary N) is 1. The van der Waals surface area contributed by atoms with E-state index in [1.54, 1.807) is 24.3 Å². The Hall–Kier alpha value is -2.66. The zero-order chi connectivity index (χ0) is 17.6. The number of hydrogen-bond acceptors (Lipinski definition) is 3. The van der Waals surface area contributed by atoms with Crippen molar-refractivity contribution in [2.75, 3.05) is 11.9 Å². The first-order valence-electron chi connectivity index (χ1n) is 8.51. The molecule has 2 amide bonds. The minimum absolute atomic E-state index is 0.137. The van der Waals surface area contributed by atoms with Gasteiger partial charge in [-0.3, -0.25) is 9.59 Å². The van der Waals surface area contributed by atoms with Crippen LogP contribution in [0.15, 0.2) is 60.7 Å². The summed E-state index contributed by atoms with van der Waals surface area (Å²) in [6.45, 7) is 0.172. The van der Waals surface area contributed by atoms with E-state index in [-0.39, 0.29) is 18.6 Å². The SMILES string of the molecule is O=C(Nc1ccccc1)C(=O)N(Cc1ccccc1)C(CO)C1CC1. The Morgan fingerprint density at radius 1 is 1.04 bits per heavy atom. The van der Waals surface area contributed by atoms with Gasteiger partial charge in [0.25, 0.3) is 0 Å². The van der Waals surface area contributed by atoms with E-state index in [4.69, 9.17) is 0 Å². The Kier molecular flexibility index (Phi) is 5.46. The lowest BCUT2D eigenvalue weighted by molar-refractivity contribution is -0.146. The summed E-state index contributed by atoms with van der Waals surface area (Å²) in [5, 5.41) is 12.4. The van der Waals surface area contributed by atoms with Crippen LogP contribution in [-0.4, -0.2) is 34.5 Å². The average Bonchev–Trinajstić information content (AvgIpc) is 3.47. The first kappa shape index (κ1) is 17.2. The molecule has 1 aliphatic rings. The maximum absolute atomic E-state index is 12.8. The van der Waals surface area contributed by atoms with Crippen LogP contribution >= 0.6 is 0 Å². The molecule has 3 rings (SSSR count). The second kappa shape index (κ2) is 7.94. The Morgan fingerprint density at radius 2 is 1.64 bits per heavy atom. The highest BCUT2D eigenvalue weighted by Gasteiger charge is 2.38. The van der Waals surface area contributed by atoms with Crippen LogP contribution in [0.3, 0.4) is 0 Å². The number of aliphatic hydroxyl groups is 1. The molecule has 0 spiro atoms. The lowest BCUT2D eigenvalue weighted by Crippen LogP contribution is -2.48. The summed E-state index contributed by atoms with van der Waals surface area (Å²) in [6.07, 6.45) is 1.95. The van der Waals surface area contributed by atoms with Crippen molar-refractivity contribution in [2.45, 2.75) is 25.4 Å². The zero-order valence-electron chi connectivity index (χ0n) is 14.0. The van der Waals surface area contributed by atoms with Gasteiger partial charge in [-0.25, -0.2) is 0 Å². The fraction of sp³-hybridized carbons (Fsp3) is 0.300. The molecule has 1 saturated carbocycles. The van der Waals surface area contributed by atoms with E-state index in [2.05, 4.69) is 5.32 Å². The number of para-hydroxylation sites is 1. The van der Waals surface area contributed by atoms with Crippen LogP contribution in [0.25, 0.3) is 0 Å². The van der Waals surface area contributed by atoms with Crippen molar-refractivity contribution in [3.05, 3.63) is 66.2 Å². The van der Waals surface area contributed by atoms with Crippen molar-refractivity contribution in [3.8, 4) is 0 Å². The molecule has 25 heavy (non-hydrogen) atoms. The summed E-state index contributed by atoms with van der Waals surface area (Å²) in [5.41, 5.74) is 1.51. The first-order chi connectivity index (χ1) is 12.2. The molecular formula is C20H22N2O3. The van der Waals surface area contributed by atoms with E-state index in [1.165, 1.54) is 4.90 Å². The summed E-state index contributed by atoms with van der Waals surface area (Å²) in [6, 6.07) is 18.1. The largest absolute Gasteiger partial charge is 0.394 e. The third-order valence-electron chi connectivity index (χ3n) is 4.44. The Balaban J connectivity index is 1.77. The summed E-state index contributed by atoms with van der Waals surface area (Å²) < 4.78 is 0. The van der Waals surface area contributed by atoms with Crippen LogP contribution in [0.5, 0.6) is 0 Å². The molecule has 1 atom stereocenters. The molecule has 0 saturated heterocycles. The van der Waals surface area contributed by atoms with Crippen LogP contribution in [0.2, 0.25) is 0 Å². The molecule has 1 fully saturated rings. The smallest absolute Gasteiger partial charge is 0.313 e. The molecule has 5 heteroatoms. The maximum Gasteiger partial charge on any atom is 0.313 e. The van der Waals surface area contributed by atoms with Gasteiger partial charge < -0.3 is 15.3 Å². The minimum Gasteiger partial charge on any atom is -0.394 e. The van der Waals surface area contributed by atoms with Crippen molar-refractivity contribution in [3.63, 3.8) is 0 Å². The second-order valence-corrected chi connectivity index (χ2v) is 6.33. The quantitative estimate of drug-likeness (QED) is 0.795. The molecule has 2 aromatic carbocycles. The fourth-order valence-electron chi connectivity index (χ4n) is 2.94. The average molecular weight is 338 g/mol. The third kappa shape index (κ3) is 4.45. The van der Waals surface area contributed by atoms with E-state index in [9.17, 15) is 14.7 Å². The number of rotatable bonds is 6. The summed E-state index contributed by atoms with van der Waals surface area (Å²) in [4.78, 5) is 26.7. The summed E-state index contributed by atoms with van der Waals surface area (Å²) >= 11 is 0. The van der Waals surface area contributed by atoms with Gasteiger partial charge in [0.15, 0.2) is 0 Å². The predicted molar refractivity (Wildman–Crippen MR) is 95.7 cm³/mol. The van der Waals surface area contributed by atoms with Gasteiger partial charge in [-0.05, 0) is 36.5 Å². The van der Waals surface area contributed by atoms with Gasteiger partial charge in [-0.15, -0.1) is 0 Å². The molecule has 2 N–H and O–H groups in total. The predicted octanol–water partition coefficient (Wildman–Crippen LogP) is 2.42. The lowest BCUT2D eigenvalue weighted by Gasteiger charge is -2.30. The van der Waals surface area contributed by atoms with Crippen molar-refractivity contribution < 1.29 is 14.7 Å². The molecule has 130 valence electrons.